The molecule has 1 N–H and O–H groups in total. The Bertz CT molecular complexity index is 863. The van der Waals surface area contributed by atoms with E-state index in [0.717, 1.165) is 19.3 Å². The van der Waals surface area contributed by atoms with E-state index in [1.807, 2.05) is 0 Å². The Morgan fingerprint density at radius 3 is 1.77 bits per heavy atom. The minimum Gasteiger partial charge on any atom is -0.503 e. The lowest BCUT2D eigenvalue weighted by Gasteiger charge is -2.26. The minimum atomic E-state index is -0.706. The van der Waals surface area contributed by atoms with Crippen LogP contribution in [0.4, 0.5) is 5.69 Å². The predicted octanol–water partition coefficient (Wildman–Crippen LogP) is 7.36. The molecule has 1 amide bonds. The van der Waals surface area contributed by atoms with Crippen LogP contribution in [0.3, 0.4) is 0 Å². The average molecular weight is 487 g/mol. The summed E-state index contributed by atoms with van der Waals surface area (Å²) in [4.78, 5) is 36.9. The molecule has 1 aliphatic heterocycles. The zero-order valence-electron chi connectivity index (χ0n) is 21.5. The molecule has 7 heteroatoms. The van der Waals surface area contributed by atoms with E-state index in [-0.39, 0.29) is 17.0 Å². The molecule has 0 spiro atoms. The van der Waals surface area contributed by atoms with E-state index in [1.54, 1.807) is 12.1 Å². The molecule has 0 aliphatic carbocycles. The van der Waals surface area contributed by atoms with Crippen molar-refractivity contribution in [3.05, 3.63) is 51.3 Å². The van der Waals surface area contributed by atoms with Crippen LogP contribution in [0.2, 0.25) is 0 Å². The van der Waals surface area contributed by atoms with Crippen LogP contribution in [0.5, 0.6) is 0 Å². The van der Waals surface area contributed by atoms with Crippen molar-refractivity contribution in [1.82, 2.24) is 4.90 Å². The third-order valence-electron chi connectivity index (χ3n) is 6.86. The second-order valence-electron chi connectivity index (χ2n) is 9.66. The number of carbonyl (C=O) groups excluding carboxylic acids is 2. The molecule has 1 aliphatic rings. The molecule has 0 radical (unpaired) electrons. The number of hydrogen-bond acceptors (Lipinski definition) is 5. The number of amides is 1. The first kappa shape index (κ1) is 28.5. The number of benzene rings is 1. The van der Waals surface area contributed by atoms with Gasteiger partial charge in [0.15, 0.2) is 11.5 Å². The zero-order valence-corrected chi connectivity index (χ0v) is 21.5. The van der Waals surface area contributed by atoms with Gasteiger partial charge in [-0.05, 0) is 31.0 Å². The van der Waals surface area contributed by atoms with Crippen molar-refractivity contribution in [2.24, 2.45) is 0 Å². The van der Waals surface area contributed by atoms with Crippen molar-refractivity contribution in [3.8, 4) is 0 Å². The fourth-order valence-corrected chi connectivity index (χ4v) is 4.85. The summed E-state index contributed by atoms with van der Waals surface area (Å²) in [6, 6.07) is 5.11. The number of aliphatic hydroxyl groups is 1. The summed E-state index contributed by atoms with van der Waals surface area (Å²) < 4.78 is 0. The van der Waals surface area contributed by atoms with Crippen molar-refractivity contribution >= 4 is 17.4 Å². The van der Waals surface area contributed by atoms with Gasteiger partial charge in [0.2, 0.25) is 0 Å². The van der Waals surface area contributed by atoms with E-state index < -0.39 is 22.6 Å². The summed E-state index contributed by atoms with van der Waals surface area (Å²) in [5.41, 5.74) is 0.590. The van der Waals surface area contributed by atoms with Gasteiger partial charge in [-0.3, -0.25) is 19.7 Å². The van der Waals surface area contributed by atoms with Crippen molar-refractivity contribution in [2.45, 2.75) is 110 Å². The van der Waals surface area contributed by atoms with E-state index in [9.17, 15) is 24.8 Å². The Kier molecular flexibility index (Phi) is 12.5. The molecule has 7 nitrogen and oxygen atoms in total. The monoisotopic (exact) mass is 486 g/mol. The van der Waals surface area contributed by atoms with Crippen molar-refractivity contribution in [3.63, 3.8) is 0 Å². The molecule has 1 atom stereocenters. The van der Waals surface area contributed by atoms with Gasteiger partial charge >= 0.3 is 0 Å². The molecule has 1 aromatic carbocycles. The Morgan fingerprint density at radius 1 is 0.886 bits per heavy atom. The highest BCUT2D eigenvalue weighted by molar-refractivity contribution is 6.08. The van der Waals surface area contributed by atoms with Crippen LogP contribution in [0, 0.1) is 10.1 Å². The zero-order chi connectivity index (χ0) is 25.6. The van der Waals surface area contributed by atoms with E-state index in [0.29, 0.717) is 12.1 Å². The highest BCUT2D eigenvalue weighted by Crippen LogP contribution is 2.38. The van der Waals surface area contributed by atoms with Crippen LogP contribution in [-0.2, 0) is 9.59 Å². The van der Waals surface area contributed by atoms with E-state index in [2.05, 4.69) is 6.92 Å². The lowest BCUT2D eigenvalue weighted by Crippen LogP contribution is -2.32. The molecule has 0 saturated carbocycles. The number of ketones is 1. The number of unbranched alkanes of at least 4 members (excludes halogenated alkanes) is 13. The largest absolute Gasteiger partial charge is 0.503 e. The molecule has 194 valence electrons. The number of carbonyl (C=O) groups is 2. The minimum absolute atomic E-state index is 0.0610. The number of Topliss-reactive ketones (excluding diaryl/α,β-unsaturated/α-hetero) is 1. The Hall–Kier alpha value is -2.70. The quantitative estimate of drug-likeness (QED) is 0.133. The number of nitro groups is 1. The molecular formula is C28H42N2O5. The highest BCUT2D eigenvalue weighted by Gasteiger charge is 2.42. The second-order valence-corrected chi connectivity index (χ2v) is 9.66. The van der Waals surface area contributed by atoms with Crippen LogP contribution >= 0.6 is 0 Å². The van der Waals surface area contributed by atoms with E-state index >= 15 is 0 Å². The molecule has 0 unspecified atom stereocenters. The standard InChI is InChI=1S/C28H42N2O5/c1-3-4-5-6-7-8-9-10-11-12-13-14-15-16-21-29-26(25(22(2)31)27(32)28(29)33)23-17-19-24(20-18-23)30(34)35/h17-20,26,32H,3-16,21H2,1-2H3/t26-/m0/s1. The van der Waals surface area contributed by atoms with Gasteiger partial charge in [0.1, 0.15) is 0 Å². The van der Waals surface area contributed by atoms with Crippen molar-refractivity contribution in [2.75, 3.05) is 6.54 Å². The number of rotatable bonds is 18. The first-order chi connectivity index (χ1) is 16.9. The van der Waals surface area contributed by atoms with Crippen LogP contribution in [0.1, 0.15) is 115 Å². The normalized spacial score (nSPS) is 15.8. The molecule has 35 heavy (non-hydrogen) atoms. The Balaban J connectivity index is 1.74. The van der Waals surface area contributed by atoms with Gasteiger partial charge < -0.3 is 10.0 Å². The van der Waals surface area contributed by atoms with Crippen molar-refractivity contribution < 1.29 is 19.6 Å². The average Bonchev–Trinajstić information content (AvgIpc) is 3.09. The molecule has 0 bridgehead atoms. The van der Waals surface area contributed by atoms with Gasteiger partial charge in [-0.25, -0.2) is 0 Å². The third-order valence-corrected chi connectivity index (χ3v) is 6.86. The summed E-state index contributed by atoms with van der Waals surface area (Å²) >= 11 is 0. The first-order valence-electron chi connectivity index (χ1n) is 13.4. The van der Waals surface area contributed by atoms with Gasteiger partial charge in [-0.1, -0.05) is 90.4 Å². The number of aliphatic hydroxyl groups excluding tert-OH is 1. The van der Waals surface area contributed by atoms with Crippen molar-refractivity contribution in [1.29, 1.82) is 0 Å². The summed E-state index contributed by atoms with van der Waals surface area (Å²) in [6.45, 7) is 4.00. The maximum absolute atomic E-state index is 12.7. The SMILES string of the molecule is CCCCCCCCCCCCCCCCN1C(=O)C(O)=C(C(C)=O)[C@@H]1c1ccc([N+](=O)[O-])cc1. The topological polar surface area (TPSA) is 101 Å². The molecule has 1 heterocycles. The summed E-state index contributed by atoms with van der Waals surface area (Å²) in [5.74, 6) is -1.43. The highest BCUT2D eigenvalue weighted by atomic mass is 16.6. The van der Waals surface area contributed by atoms with Crippen LogP contribution in [0.25, 0.3) is 0 Å². The molecule has 0 aromatic heterocycles. The van der Waals surface area contributed by atoms with E-state index in [1.165, 1.54) is 94.6 Å². The molecule has 2 rings (SSSR count). The smallest absolute Gasteiger partial charge is 0.290 e. The Morgan fingerprint density at radius 2 is 1.34 bits per heavy atom. The van der Waals surface area contributed by atoms with Gasteiger partial charge in [0, 0.05) is 18.7 Å². The number of non-ortho nitro benzene ring substituents is 1. The van der Waals surface area contributed by atoms with Gasteiger partial charge in [0.25, 0.3) is 11.6 Å². The van der Waals surface area contributed by atoms with Gasteiger partial charge in [0.05, 0.1) is 16.5 Å². The molecule has 0 saturated heterocycles. The lowest BCUT2D eigenvalue weighted by molar-refractivity contribution is -0.384. The number of hydrogen-bond donors (Lipinski definition) is 1. The molecular weight excluding hydrogens is 444 g/mol. The summed E-state index contributed by atoms with van der Waals surface area (Å²) in [5, 5.41) is 21.3. The molecule has 1 aromatic rings. The summed E-state index contributed by atoms with van der Waals surface area (Å²) in [6.07, 6.45) is 17.3. The number of nitro benzene ring substituents is 1. The second kappa shape index (κ2) is 15.3. The van der Waals surface area contributed by atoms with E-state index in [4.69, 9.17) is 0 Å². The fourth-order valence-electron chi connectivity index (χ4n) is 4.85. The number of nitrogens with zero attached hydrogens (tertiary/aromatic N) is 2. The van der Waals surface area contributed by atoms with Crippen LogP contribution in [-0.4, -0.2) is 33.2 Å². The summed E-state index contributed by atoms with van der Waals surface area (Å²) in [7, 11) is 0. The van der Waals surface area contributed by atoms with Gasteiger partial charge in [-0.15, -0.1) is 0 Å². The fraction of sp³-hybridized carbons (Fsp3) is 0.643. The maximum Gasteiger partial charge on any atom is 0.290 e. The first-order valence-corrected chi connectivity index (χ1v) is 13.4. The maximum atomic E-state index is 12.7. The van der Waals surface area contributed by atoms with Crippen LogP contribution < -0.4 is 0 Å². The predicted molar refractivity (Wildman–Crippen MR) is 138 cm³/mol. The van der Waals surface area contributed by atoms with Crippen LogP contribution in [0.15, 0.2) is 35.6 Å². The Labute approximate surface area is 209 Å². The molecule has 0 fully saturated rings. The lowest BCUT2D eigenvalue weighted by atomic mass is 9.96. The van der Waals surface area contributed by atoms with Gasteiger partial charge in [-0.2, -0.15) is 0 Å². The third kappa shape index (κ3) is 8.79.